The second-order valence-corrected chi connectivity index (χ2v) is 8.99. The van der Waals surface area contributed by atoms with Gasteiger partial charge in [0.15, 0.2) is 12.4 Å². The fraction of sp³-hybridized carbons (Fsp3) is 0.364. The van der Waals surface area contributed by atoms with Gasteiger partial charge in [0.25, 0.3) is 11.8 Å². The lowest BCUT2D eigenvalue weighted by molar-refractivity contribution is -0.118. The van der Waals surface area contributed by atoms with E-state index in [1.807, 2.05) is 7.05 Å². The monoisotopic (exact) mass is 512 g/mol. The lowest BCUT2D eigenvalue weighted by Gasteiger charge is -2.31. The van der Waals surface area contributed by atoms with Crippen LogP contribution in [0.4, 0.5) is 5.69 Å². The largest absolute Gasteiger partial charge is 0.481 e. The zero-order valence-corrected chi connectivity index (χ0v) is 19.7. The van der Waals surface area contributed by atoms with Crippen LogP contribution in [0.1, 0.15) is 42.5 Å². The fourth-order valence-corrected chi connectivity index (χ4v) is 4.96. The first kappa shape index (κ1) is 22.9. The van der Waals surface area contributed by atoms with Gasteiger partial charge in [-0.1, -0.05) is 54.6 Å². The molecule has 5 nitrogen and oxygen atoms in total. The fourth-order valence-electron chi connectivity index (χ4n) is 3.59. The van der Waals surface area contributed by atoms with Crippen LogP contribution in [0.15, 0.2) is 40.9 Å². The predicted octanol–water partition coefficient (Wildman–Crippen LogP) is 6.18. The molecule has 0 aliphatic heterocycles. The van der Waals surface area contributed by atoms with Gasteiger partial charge in [0.1, 0.15) is 0 Å². The molecule has 8 heteroatoms. The summed E-state index contributed by atoms with van der Waals surface area (Å²) in [5, 5.41) is 3.53. The van der Waals surface area contributed by atoms with Crippen LogP contribution in [0, 0.1) is 0 Å². The van der Waals surface area contributed by atoms with E-state index in [2.05, 4.69) is 21.2 Å². The minimum Gasteiger partial charge on any atom is -0.481 e. The number of benzene rings is 2. The quantitative estimate of drug-likeness (QED) is 0.501. The summed E-state index contributed by atoms with van der Waals surface area (Å²) in [6.45, 7) is -0.263. The number of anilines is 1. The summed E-state index contributed by atoms with van der Waals surface area (Å²) in [5.74, 6) is -0.159. The smallest absolute Gasteiger partial charge is 0.262 e. The Morgan fingerprint density at radius 3 is 2.57 bits per heavy atom. The maximum Gasteiger partial charge on any atom is 0.262 e. The first-order valence-electron chi connectivity index (χ1n) is 9.80. The van der Waals surface area contributed by atoms with Crippen molar-refractivity contribution in [2.45, 2.75) is 38.1 Å². The number of carbonyl (C=O) groups is 2. The van der Waals surface area contributed by atoms with Crippen LogP contribution in [-0.4, -0.2) is 36.4 Å². The molecule has 0 saturated heterocycles. The third-order valence-electron chi connectivity index (χ3n) is 5.18. The van der Waals surface area contributed by atoms with E-state index in [0.717, 1.165) is 25.7 Å². The van der Waals surface area contributed by atoms with Gasteiger partial charge in [-0.2, -0.15) is 0 Å². The van der Waals surface area contributed by atoms with Crippen molar-refractivity contribution in [3.63, 3.8) is 0 Å². The summed E-state index contributed by atoms with van der Waals surface area (Å²) in [4.78, 5) is 27.3. The Kier molecular flexibility index (Phi) is 8.03. The molecule has 0 unspecified atom stereocenters. The highest BCUT2D eigenvalue weighted by Crippen LogP contribution is 2.36. The minimum absolute atomic E-state index is 0.0952. The lowest BCUT2D eigenvalue weighted by Crippen LogP contribution is -2.38. The highest BCUT2D eigenvalue weighted by Gasteiger charge is 2.25. The van der Waals surface area contributed by atoms with Gasteiger partial charge < -0.3 is 15.0 Å². The third-order valence-corrected chi connectivity index (χ3v) is 6.27. The van der Waals surface area contributed by atoms with Crippen molar-refractivity contribution in [1.29, 1.82) is 0 Å². The van der Waals surface area contributed by atoms with Gasteiger partial charge in [0.2, 0.25) is 0 Å². The number of amides is 2. The van der Waals surface area contributed by atoms with Crippen molar-refractivity contribution in [1.82, 2.24) is 4.90 Å². The molecule has 0 radical (unpaired) electrons. The number of nitrogens with zero attached hydrogens (tertiary/aromatic N) is 1. The van der Waals surface area contributed by atoms with Crippen LogP contribution in [0.25, 0.3) is 0 Å². The highest BCUT2D eigenvalue weighted by atomic mass is 79.9. The third kappa shape index (κ3) is 5.68. The Morgan fingerprint density at radius 2 is 1.87 bits per heavy atom. The average molecular weight is 514 g/mol. The highest BCUT2D eigenvalue weighted by molar-refractivity contribution is 9.10. The number of carbonyl (C=O) groups excluding carboxylic acids is 2. The molecule has 2 aromatic rings. The Bertz CT molecular complexity index is 909. The Hall–Kier alpha value is -1.76. The molecule has 1 saturated carbocycles. The van der Waals surface area contributed by atoms with Gasteiger partial charge >= 0.3 is 0 Å². The van der Waals surface area contributed by atoms with Crippen molar-refractivity contribution in [3.8, 4) is 5.75 Å². The maximum absolute atomic E-state index is 13.1. The normalized spacial score (nSPS) is 14.3. The number of para-hydroxylation sites is 1. The van der Waals surface area contributed by atoms with Gasteiger partial charge in [-0.25, -0.2) is 0 Å². The lowest BCUT2D eigenvalue weighted by atomic mass is 9.94. The van der Waals surface area contributed by atoms with Gasteiger partial charge in [-0.3, -0.25) is 9.59 Å². The molecule has 30 heavy (non-hydrogen) atoms. The van der Waals surface area contributed by atoms with E-state index in [1.54, 1.807) is 35.2 Å². The van der Waals surface area contributed by atoms with E-state index in [4.69, 9.17) is 27.9 Å². The van der Waals surface area contributed by atoms with Crippen molar-refractivity contribution < 1.29 is 14.3 Å². The summed E-state index contributed by atoms with van der Waals surface area (Å²) >= 11 is 15.4. The van der Waals surface area contributed by atoms with E-state index in [1.165, 1.54) is 12.5 Å². The molecule has 3 rings (SSSR count). The standard InChI is InChI=1S/C22H23BrCl2N2O3/c1-27(15-7-3-2-4-8-15)22(29)16-9-5-6-10-19(16)26-20(28)13-30-21-17(23)11-14(24)12-18(21)25/h5-6,9-12,15H,2-4,7-8,13H2,1H3,(H,26,28). The number of halogens is 3. The SMILES string of the molecule is CN(C(=O)c1ccccc1NC(=O)COc1c(Cl)cc(Cl)cc1Br)C1CCCCC1. The Labute approximate surface area is 194 Å². The van der Waals surface area contributed by atoms with Crippen LogP contribution in [0.3, 0.4) is 0 Å². The molecule has 2 amide bonds. The van der Waals surface area contributed by atoms with Crippen LogP contribution >= 0.6 is 39.1 Å². The Morgan fingerprint density at radius 1 is 1.17 bits per heavy atom. The molecule has 1 aliphatic rings. The van der Waals surface area contributed by atoms with Crippen molar-refractivity contribution in [2.24, 2.45) is 0 Å². The molecule has 1 N–H and O–H groups in total. The van der Waals surface area contributed by atoms with Crippen LogP contribution in [0.5, 0.6) is 5.75 Å². The number of hydrogen-bond acceptors (Lipinski definition) is 3. The van der Waals surface area contributed by atoms with E-state index in [-0.39, 0.29) is 18.6 Å². The van der Waals surface area contributed by atoms with E-state index < -0.39 is 5.91 Å². The first-order valence-corrected chi connectivity index (χ1v) is 11.3. The summed E-state index contributed by atoms with van der Waals surface area (Å²) in [5.41, 5.74) is 0.921. The van der Waals surface area contributed by atoms with E-state index >= 15 is 0 Å². The van der Waals surface area contributed by atoms with E-state index in [0.29, 0.717) is 31.5 Å². The molecular formula is C22H23BrCl2N2O3. The van der Waals surface area contributed by atoms with Gasteiger partial charge in [0.05, 0.1) is 20.7 Å². The number of ether oxygens (including phenoxy) is 1. The van der Waals surface area contributed by atoms with Crippen LogP contribution in [0.2, 0.25) is 10.0 Å². The maximum atomic E-state index is 13.1. The van der Waals surface area contributed by atoms with Crippen molar-refractivity contribution in [3.05, 3.63) is 56.5 Å². The van der Waals surface area contributed by atoms with Crippen LogP contribution < -0.4 is 10.1 Å². The molecule has 0 atom stereocenters. The second-order valence-electron chi connectivity index (χ2n) is 7.29. The van der Waals surface area contributed by atoms with Gasteiger partial charge in [-0.05, 0) is 53.0 Å². The molecule has 0 heterocycles. The van der Waals surface area contributed by atoms with Gasteiger partial charge in [-0.15, -0.1) is 0 Å². The molecular weight excluding hydrogens is 491 g/mol. The molecule has 1 fully saturated rings. The number of nitrogens with one attached hydrogen (secondary N) is 1. The molecule has 0 aromatic heterocycles. The molecule has 0 bridgehead atoms. The minimum atomic E-state index is -0.395. The summed E-state index contributed by atoms with van der Waals surface area (Å²) < 4.78 is 6.11. The van der Waals surface area contributed by atoms with Gasteiger partial charge in [0, 0.05) is 18.1 Å². The van der Waals surface area contributed by atoms with E-state index in [9.17, 15) is 9.59 Å². The Balaban J connectivity index is 1.67. The predicted molar refractivity (Wildman–Crippen MR) is 124 cm³/mol. The number of rotatable bonds is 6. The summed E-state index contributed by atoms with van der Waals surface area (Å²) in [6.07, 6.45) is 5.53. The van der Waals surface area contributed by atoms with Crippen LogP contribution in [-0.2, 0) is 4.79 Å². The molecule has 2 aromatic carbocycles. The molecule has 0 spiro atoms. The first-order chi connectivity index (χ1) is 14.4. The van der Waals surface area contributed by atoms with Crippen molar-refractivity contribution >= 4 is 56.6 Å². The second kappa shape index (κ2) is 10.5. The molecule has 160 valence electrons. The van der Waals surface area contributed by atoms with Crippen molar-refractivity contribution in [2.75, 3.05) is 19.0 Å². The summed E-state index contributed by atoms with van der Waals surface area (Å²) in [6, 6.07) is 10.4. The summed E-state index contributed by atoms with van der Waals surface area (Å²) in [7, 11) is 1.83. The number of hydrogen-bond donors (Lipinski definition) is 1. The average Bonchev–Trinajstić information content (AvgIpc) is 2.73. The topological polar surface area (TPSA) is 58.6 Å². The zero-order chi connectivity index (χ0) is 21.7. The zero-order valence-electron chi connectivity index (χ0n) is 16.6. The molecule has 1 aliphatic carbocycles.